The van der Waals surface area contributed by atoms with E-state index in [0.29, 0.717) is 35.4 Å². The highest BCUT2D eigenvalue weighted by Gasteiger charge is 2.39. The van der Waals surface area contributed by atoms with Crippen molar-refractivity contribution in [3.05, 3.63) is 33.3 Å². The zero-order chi connectivity index (χ0) is 24.1. The molecule has 0 spiro atoms. The predicted molar refractivity (Wildman–Crippen MR) is 128 cm³/mol. The molecule has 0 radical (unpaired) electrons. The Morgan fingerprint density at radius 2 is 1.94 bits per heavy atom. The van der Waals surface area contributed by atoms with Gasteiger partial charge in [0.05, 0.1) is 5.69 Å². The average molecular weight is 468 g/mol. The van der Waals surface area contributed by atoms with Gasteiger partial charge in [-0.15, -0.1) is 0 Å². The van der Waals surface area contributed by atoms with Crippen LogP contribution in [-0.2, 0) is 11.3 Å². The molecule has 0 aromatic carbocycles. The highest BCUT2D eigenvalue weighted by molar-refractivity contribution is 5.97. The van der Waals surface area contributed by atoms with Crippen molar-refractivity contribution in [1.29, 1.82) is 0 Å². The summed E-state index contributed by atoms with van der Waals surface area (Å²) in [5, 5.41) is 18.3. The Kier molecular flexibility index (Phi) is 5.73. The van der Waals surface area contributed by atoms with Gasteiger partial charge >= 0.3 is 0 Å². The number of aromatic hydroxyl groups is 1. The SMILES string of the molecule is Cc1nn2c(=O)c(C(=O)NC3CC3)c(O)n(CC(C)C)c2c1/C=C/C(=O)N1CCCC1C1CC1. The van der Waals surface area contributed by atoms with Crippen molar-refractivity contribution in [2.75, 3.05) is 6.54 Å². The van der Waals surface area contributed by atoms with Crippen LogP contribution in [0.3, 0.4) is 0 Å². The smallest absolute Gasteiger partial charge is 0.291 e. The maximum absolute atomic E-state index is 13.2. The summed E-state index contributed by atoms with van der Waals surface area (Å²) < 4.78 is 2.76. The second-order valence-electron chi connectivity index (χ2n) is 10.4. The summed E-state index contributed by atoms with van der Waals surface area (Å²) >= 11 is 0. The van der Waals surface area contributed by atoms with Gasteiger partial charge in [-0.2, -0.15) is 9.61 Å². The number of aromatic nitrogens is 3. The molecule has 2 amide bonds. The van der Waals surface area contributed by atoms with Crippen LogP contribution in [0.25, 0.3) is 11.7 Å². The number of carbonyl (C=O) groups excluding carboxylic acids is 2. The molecule has 2 N–H and O–H groups in total. The molecule has 2 saturated carbocycles. The van der Waals surface area contributed by atoms with Crippen LogP contribution in [0.15, 0.2) is 10.9 Å². The Morgan fingerprint density at radius 1 is 1.21 bits per heavy atom. The molecule has 2 aromatic rings. The van der Waals surface area contributed by atoms with Crippen molar-refractivity contribution >= 4 is 23.5 Å². The largest absolute Gasteiger partial charge is 0.494 e. The van der Waals surface area contributed by atoms with Crippen molar-refractivity contribution < 1.29 is 14.7 Å². The first kappa shape index (κ1) is 22.7. The molecule has 182 valence electrons. The number of aryl methyl sites for hydroxylation is 1. The van der Waals surface area contributed by atoms with Gasteiger partial charge in [0.2, 0.25) is 11.8 Å². The summed E-state index contributed by atoms with van der Waals surface area (Å²) in [6, 6.07) is 0.382. The highest BCUT2D eigenvalue weighted by Crippen LogP contribution is 2.40. The van der Waals surface area contributed by atoms with Gasteiger partial charge < -0.3 is 15.3 Å². The fourth-order valence-electron chi connectivity index (χ4n) is 5.07. The van der Waals surface area contributed by atoms with E-state index >= 15 is 0 Å². The molecule has 3 aliphatic rings. The molecule has 5 rings (SSSR count). The zero-order valence-corrected chi connectivity index (χ0v) is 20.1. The van der Waals surface area contributed by atoms with Crippen LogP contribution in [0.4, 0.5) is 0 Å². The summed E-state index contributed by atoms with van der Waals surface area (Å²) in [6.07, 6.45) is 9.49. The number of likely N-dealkylation sites (tertiary alicyclic amines) is 1. The van der Waals surface area contributed by atoms with E-state index in [-0.39, 0.29) is 29.3 Å². The van der Waals surface area contributed by atoms with E-state index in [2.05, 4.69) is 10.4 Å². The number of rotatable bonds is 7. The quantitative estimate of drug-likeness (QED) is 0.608. The summed E-state index contributed by atoms with van der Waals surface area (Å²) in [6.45, 7) is 6.91. The fourth-order valence-corrected chi connectivity index (χ4v) is 5.07. The number of hydrogen-bond donors (Lipinski definition) is 2. The third kappa shape index (κ3) is 4.12. The topological polar surface area (TPSA) is 109 Å². The van der Waals surface area contributed by atoms with Crippen LogP contribution >= 0.6 is 0 Å². The molecule has 0 bridgehead atoms. The highest BCUT2D eigenvalue weighted by atomic mass is 16.3. The Labute approximate surface area is 198 Å². The van der Waals surface area contributed by atoms with E-state index in [1.807, 2.05) is 18.7 Å². The normalized spacial score (nSPS) is 20.7. The number of nitrogens with zero attached hydrogens (tertiary/aromatic N) is 4. The molecule has 3 fully saturated rings. The lowest BCUT2D eigenvalue weighted by Crippen LogP contribution is -2.35. The van der Waals surface area contributed by atoms with Crippen LogP contribution in [-0.4, -0.2) is 54.6 Å². The minimum atomic E-state index is -0.659. The predicted octanol–water partition coefficient (Wildman–Crippen LogP) is 2.47. The Balaban J connectivity index is 1.56. The first-order valence-corrected chi connectivity index (χ1v) is 12.4. The lowest BCUT2D eigenvalue weighted by Gasteiger charge is -2.23. The molecule has 9 heteroatoms. The fraction of sp³-hybridized carbons (Fsp3) is 0.600. The van der Waals surface area contributed by atoms with Crippen LogP contribution in [0, 0.1) is 18.8 Å². The van der Waals surface area contributed by atoms with Gasteiger partial charge in [0.15, 0.2) is 5.56 Å². The van der Waals surface area contributed by atoms with Gasteiger partial charge in [-0.05, 0) is 63.4 Å². The molecular weight excluding hydrogens is 434 g/mol. The number of amides is 2. The first-order valence-electron chi connectivity index (χ1n) is 12.4. The minimum Gasteiger partial charge on any atom is -0.494 e. The maximum Gasteiger partial charge on any atom is 0.291 e. The van der Waals surface area contributed by atoms with Crippen molar-refractivity contribution in [1.82, 2.24) is 24.4 Å². The van der Waals surface area contributed by atoms with Gasteiger partial charge in [-0.3, -0.25) is 19.0 Å². The van der Waals surface area contributed by atoms with Crippen molar-refractivity contribution in [3.63, 3.8) is 0 Å². The third-order valence-electron chi connectivity index (χ3n) is 7.05. The van der Waals surface area contributed by atoms with E-state index in [1.54, 1.807) is 23.6 Å². The van der Waals surface area contributed by atoms with Gasteiger partial charge in [-0.25, -0.2) is 0 Å². The summed E-state index contributed by atoms with van der Waals surface area (Å²) in [4.78, 5) is 41.0. The lowest BCUT2D eigenvalue weighted by molar-refractivity contribution is -0.127. The average Bonchev–Trinajstić information content (AvgIpc) is 3.71. The molecule has 34 heavy (non-hydrogen) atoms. The second kappa shape index (κ2) is 8.60. The van der Waals surface area contributed by atoms with E-state index in [0.717, 1.165) is 32.2 Å². The van der Waals surface area contributed by atoms with Crippen LogP contribution in [0.5, 0.6) is 5.88 Å². The Bertz CT molecular complexity index is 1230. The minimum absolute atomic E-state index is 0.0319. The number of carbonyl (C=O) groups is 2. The van der Waals surface area contributed by atoms with Crippen molar-refractivity contribution in [2.24, 2.45) is 11.8 Å². The summed E-state index contributed by atoms with van der Waals surface area (Å²) in [5.41, 5.74) is 0.586. The monoisotopic (exact) mass is 467 g/mol. The number of nitrogens with one attached hydrogen (secondary N) is 1. The van der Waals surface area contributed by atoms with Gasteiger partial charge in [0.25, 0.3) is 11.5 Å². The molecule has 3 heterocycles. The van der Waals surface area contributed by atoms with Gasteiger partial charge in [0, 0.05) is 36.8 Å². The summed E-state index contributed by atoms with van der Waals surface area (Å²) in [5.74, 6) is -0.208. The zero-order valence-electron chi connectivity index (χ0n) is 20.1. The molecule has 1 aliphatic heterocycles. The Hall–Kier alpha value is -3.10. The molecule has 2 aromatic heterocycles. The molecule has 1 atom stereocenters. The van der Waals surface area contributed by atoms with Gasteiger partial charge in [0.1, 0.15) is 5.65 Å². The maximum atomic E-state index is 13.2. The van der Waals surface area contributed by atoms with Crippen molar-refractivity contribution in [2.45, 2.75) is 77.9 Å². The molecule has 1 saturated heterocycles. The van der Waals surface area contributed by atoms with E-state index in [4.69, 9.17) is 0 Å². The molecule has 9 nitrogen and oxygen atoms in total. The van der Waals surface area contributed by atoms with Crippen LogP contribution < -0.4 is 10.9 Å². The number of hydrogen-bond acceptors (Lipinski definition) is 5. The molecule has 1 unspecified atom stereocenters. The van der Waals surface area contributed by atoms with E-state index in [1.165, 1.54) is 17.4 Å². The van der Waals surface area contributed by atoms with Gasteiger partial charge in [-0.1, -0.05) is 13.8 Å². The van der Waals surface area contributed by atoms with E-state index in [9.17, 15) is 19.5 Å². The van der Waals surface area contributed by atoms with Crippen LogP contribution in [0.1, 0.15) is 74.0 Å². The first-order chi connectivity index (χ1) is 16.3. The standard InChI is InChI=1S/C25H33N5O4/c1-14(2)13-29-23-18(10-11-20(31)28-12-4-5-19(28)16-6-7-16)15(3)27-30(23)25(34)21(24(29)33)22(32)26-17-8-9-17/h10-11,14,16-17,19,33H,4-9,12-13H2,1-3H3,(H,26,32)/b11-10+. The van der Waals surface area contributed by atoms with Crippen molar-refractivity contribution in [3.8, 4) is 5.88 Å². The third-order valence-corrected chi connectivity index (χ3v) is 7.05. The lowest BCUT2D eigenvalue weighted by atomic mass is 10.1. The van der Waals surface area contributed by atoms with E-state index < -0.39 is 11.5 Å². The Morgan fingerprint density at radius 3 is 2.59 bits per heavy atom. The second-order valence-corrected chi connectivity index (χ2v) is 10.4. The number of fused-ring (bicyclic) bond motifs is 1. The molecular formula is C25H33N5O4. The van der Waals surface area contributed by atoms with Crippen LogP contribution in [0.2, 0.25) is 0 Å². The summed E-state index contributed by atoms with van der Waals surface area (Å²) in [7, 11) is 0. The molecule has 2 aliphatic carbocycles.